The molecule has 0 aliphatic carbocycles. The molecule has 0 saturated carbocycles. The number of unbranched alkanes of at least 4 members (excludes halogenated alkanes) is 1. The SMILES string of the molecule is COCCCCOC(=O)Oc1ccc(C(=O)N=O)cc1Cl. The smallest absolute Gasteiger partial charge is 0.434 e. The van der Waals surface area contributed by atoms with Crippen LogP contribution in [-0.4, -0.2) is 32.4 Å². The number of ether oxygens (including phenoxy) is 3. The second kappa shape index (κ2) is 9.04. The molecule has 0 aliphatic heterocycles. The van der Waals surface area contributed by atoms with Crippen molar-refractivity contribution in [2.45, 2.75) is 12.8 Å². The number of nitrogens with zero attached hydrogens (tertiary/aromatic N) is 1. The minimum Gasteiger partial charge on any atom is -0.434 e. The van der Waals surface area contributed by atoms with E-state index >= 15 is 0 Å². The summed E-state index contributed by atoms with van der Waals surface area (Å²) in [7, 11) is 1.59. The number of nitroso groups, excluding NO2 is 1. The van der Waals surface area contributed by atoms with E-state index in [1.54, 1.807) is 7.11 Å². The first-order chi connectivity index (χ1) is 10.1. The Balaban J connectivity index is 2.49. The molecular weight excluding hydrogens is 302 g/mol. The van der Waals surface area contributed by atoms with Gasteiger partial charge in [0.1, 0.15) is 0 Å². The topological polar surface area (TPSA) is 91.3 Å². The minimum absolute atomic E-state index is 0.000771. The number of carbonyl (C=O) groups is 2. The van der Waals surface area contributed by atoms with E-state index in [0.717, 1.165) is 6.42 Å². The van der Waals surface area contributed by atoms with Crippen molar-refractivity contribution in [1.82, 2.24) is 0 Å². The third-order valence-electron chi connectivity index (χ3n) is 2.42. The Kier molecular flexibility index (Phi) is 7.34. The number of rotatable bonds is 7. The molecule has 1 amide bonds. The Hall–Kier alpha value is -1.99. The molecule has 0 N–H and O–H groups in total. The molecular formula is C13H14ClNO6. The van der Waals surface area contributed by atoms with Gasteiger partial charge in [-0.3, -0.25) is 4.79 Å². The molecule has 0 bridgehead atoms. The van der Waals surface area contributed by atoms with Gasteiger partial charge < -0.3 is 14.2 Å². The Morgan fingerprint density at radius 3 is 2.57 bits per heavy atom. The van der Waals surface area contributed by atoms with Gasteiger partial charge in [0, 0.05) is 24.5 Å². The predicted molar refractivity (Wildman–Crippen MR) is 74.7 cm³/mol. The predicted octanol–water partition coefficient (Wildman–Crippen LogP) is 3.19. The van der Waals surface area contributed by atoms with Crippen LogP contribution in [0.3, 0.4) is 0 Å². The Labute approximate surface area is 126 Å². The summed E-state index contributed by atoms with van der Waals surface area (Å²) in [5.41, 5.74) is 0.00952. The largest absolute Gasteiger partial charge is 0.513 e. The fourth-order valence-electron chi connectivity index (χ4n) is 1.39. The van der Waals surface area contributed by atoms with Crippen LogP contribution in [0.5, 0.6) is 5.75 Å². The van der Waals surface area contributed by atoms with E-state index in [9.17, 15) is 14.5 Å². The van der Waals surface area contributed by atoms with Gasteiger partial charge in [0.25, 0.3) is 0 Å². The van der Waals surface area contributed by atoms with Gasteiger partial charge in [-0.05, 0) is 31.0 Å². The van der Waals surface area contributed by atoms with Crippen molar-refractivity contribution in [2.24, 2.45) is 5.18 Å². The maximum absolute atomic E-state index is 11.4. The minimum atomic E-state index is -0.954. The molecule has 0 unspecified atom stereocenters. The first-order valence-corrected chi connectivity index (χ1v) is 6.47. The number of carbonyl (C=O) groups excluding carboxylic acids is 2. The van der Waals surface area contributed by atoms with E-state index in [1.807, 2.05) is 0 Å². The van der Waals surface area contributed by atoms with Crippen molar-refractivity contribution in [3.05, 3.63) is 33.7 Å². The van der Waals surface area contributed by atoms with Crippen LogP contribution < -0.4 is 4.74 Å². The number of benzene rings is 1. The van der Waals surface area contributed by atoms with Gasteiger partial charge in [0.15, 0.2) is 5.75 Å². The molecule has 8 heteroatoms. The van der Waals surface area contributed by atoms with Crippen molar-refractivity contribution < 1.29 is 23.8 Å². The van der Waals surface area contributed by atoms with Crippen LogP contribution in [-0.2, 0) is 9.47 Å². The van der Waals surface area contributed by atoms with E-state index in [-0.39, 0.29) is 22.9 Å². The normalized spacial score (nSPS) is 10.0. The summed E-state index contributed by atoms with van der Waals surface area (Å²) in [6, 6.07) is 3.75. The van der Waals surface area contributed by atoms with Gasteiger partial charge in [-0.25, -0.2) is 4.79 Å². The fourth-order valence-corrected chi connectivity index (χ4v) is 1.61. The maximum atomic E-state index is 11.4. The molecule has 0 heterocycles. The lowest BCUT2D eigenvalue weighted by Crippen LogP contribution is -2.12. The van der Waals surface area contributed by atoms with Crippen molar-refractivity contribution >= 4 is 23.7 Å². The van der Waals surface area contributed by atoms with E-state index in [2.05, 4.69) is 5.18 Å². The molecule has 1 aromatic rings. The molecule has 21 heavy (non-hydrogen) atoms. The average Bonchev–Trinajstić information content (AvgIpc) is 2.48. The van der Waals surface area contributed by atoms with Crippen LogP contribution in [0.1, 0.15) is 23.2 Å². The van der Waals surface area contributed by atoms with E-state index < -0.39 is 12.1 Å². The van der Waals surface area contributed by atoms with Crippen LogP contribution >= 0.6 is 11.6 Å². The Morgan fingerprint density at radius 1 is 1.24 bits per heavy atom. The maximum Gasteiger partial charge on any atom is 0.513 e. The Morgan fingerprint density at radius 2 is 1.95 bits per heavy atom. The zero-order valence-electron chi connectivity index (χ0n) is 11.3. The summed E-state index contributed by atoms with van der Waals surface area (Å²) in [5.74, 6) is -0.926. The molecule has 114 valence electrons. The van der Waals surface area contributed by atoms with Gasteiger partial charge in [-0.15, -0.1) is 4.91 Å². The second-order valence-corrected chi connectivity index (χ2v) is 4.35. The fraction of sp³-hybridized carbons (Fsp3) is 0.385. The number of halogens is 1. The van der Waals surface area contributed by atoms with Gasteiger partial charge in [0.05, 0.1) is 11.6 Å². The van der Waals surface area contributed by atoms with Gasteiger partial charge in [-0.2, -0.15) is 0 Å². The molecule has 1 aromatic carbocycles. The number of amides is 1. The highest BCUT2D eigenvalue weighted by Crippen LogP contribution is 2.26. The second-order valence-electron chi connectivity index (χ2n) is 3.94. The van der Waals surface area contributed by atoms with Crippen LogP contribution in [0, 0.1) is 4.91 Å². The summed E-state index contributed by atoms with van der Waals surface area (Å²) < 4.78 is 14.6. The third-order valence-corrected chi connectivity index (χ3v) is 2.71. The number of hydrogen-bond acceptors (Lipinski definition) is 6. The zero-order valence-corrected chi connectivity index (χ0v) is 12.1. The highest BCUT2D eigenvalue weighted by molar-refractivity contribution is 6.32. The lowest BCUT2D eigenvalue weighted by atomic mass is 10.2. The molecule has 0 saturated heterocycles. The molecule has 1 rings (SSSR count). The molecule has 0 atom stereocenters. The molecule has 0 fully saturated rings. The lowest BCUT2D eigenvalue weighted by Gasteiger charge is -2.07. The van der Waals surface area contributed by atoms with Crippen LogP contribution in [0.25, 0.3) is 0 Å². The third kappa shape index (κ3) is 5.88. The molecule has 7 nitrogen and oxygen atoms in total. The summed E-state index contributed by atoms with van der Waals surface area (Å²) in [6.45, 7) is 0.788. The van der Waals surface area contributed by atoms with Gasteiger partial charge >= 0.3 is 12.1 Å². The molecule has 0 aromatic heterocycles. The monoisotopic (exact) mass is 315 g/mol. The first-order valence-electron chi connectivity index (χ1n) is 6.09. The highest BCUT2D eigenvalue weighted by Gasteiger charge is 2.13. The summed E-state index contributed by atoms with van der Waals surface area (Å²) >= 11 is 5.83. The zero-order chi connectivity index (χ0) is 15.7. The van der Waals surface area contributed by atoms with Crippen LogP contribution in [0.15, 0.2) is 23.4 Å². The molecule has 0 aliphatic rings. The summed E-state index contributed by atoms with van der Waals surface area (Å²) in [5, 5.41) is 2.27. The van der Waals surface area contributed by atoms with Gasteiger partial charge in [-0.1, -0.05) is 11.6 Å². The van der Waals surface area contributed by atoms with E-state index in [4.69, 9.17) is 25.8 Å². The summed E-state index contributed by atoms with van der Waals surface area (Å²) in [6.07, 6.45) is 0.511. The van der Waals surface area contributed by atoms with E-state index in [0.29, 0.717) is 13.0 Å². The van der Waals surface area contributed by atoms with Gasteiger partial charge in [0.2, 0.25) is 0 Å². The molecule has 0 radical (unpaired) electrons. The van der Waals surface area contributed by atoms with Crippen molar-refractivity contribution in [3.63, 3.8) is 0 Å². The van der Waals surface area contributed by atoms with Crippen molar-refractivity contribution in [1.29, 1.82) is 0 Å². The number of methoxy groups -OCH3 is 1. The van der Waals surface area contributed by atoms with Crippen LogP contribution in [0.4, 0.5) is 4.79 Å². The Bertz CT molecular complexity index is 519. The van der Waals surface area contributed by atoms with E-state index in [1.165, 1.54) is 18.2 Å². The highest BCUT2D eigenvalue weighted by atomic mass is 35.5. The molecule has 0 spiro atoms. The summed E-state index contributed by atoms with van der Waals surface area (Å²) in [4.78, 5) is 32.6. The lowest BCUT2D eigenvalue weighted by molar-refractivity contribution is 0.0940. The first kappa shape index (κ1) is 17.1. The standard InChI is InChI=1S/C13H14ClNO6/c1-19-6-2-3-7-20-13(17)21-11-5-4-9(8-10(11)14)12(16)15-18/h4-5,8H,2-3,6-7H2,1H3. The number of hydrogen-bond donors (Lipinski definition) is 0. The average molecular weight is 316 g/mol. The van der Waals surface area contributed by atoms with Crippen molar-refractivity contribution in [3.8, 4) is 5.75 Å². The van der Waals surface area contributed by atoms with Crippen LogP contribution in [0.2, 0.25) is 5.02 Å². The van der Waals surface area contributed by atoms with Crippen molar-refractivity contribution in [2.75, 3.05) is 20.3 Å². The quantitative estimate of drug-likeness (QED) is 0.332.